The van der Waals surface area contributed by atoms with Gasteiger partial charge in [0.15, 0.2) is 0 Å². The number of imide groups is 1. The van der Waals surface area contributed by atoms with Crippen molar-refractivity contribution in [2.24, 2.45) is 5.73 Å². The molecule has 0 fully saturated rings. The number of nitrogens with one attached hydrogen (secondary N) is 1. The van der Waals surface area contributed by atoms with Crippen molar-refractivity contribution in [3.05, 3.63) is 35.9 Å². The van der Waals surface area contributed by atoms with Crippen LogP contribution >= 0.6 is 0 Å². The van der Waals surface area contributed by atoms with E-state index in [0.717, 1.165) is 5.56 Å². The van der Waals surface area contributed by atoms with Gasteiger partial charge in [-0.2, -0.15) is 0 Å². The molecule has 4 N–H and O–H groups in total. The number of carbonyl (C=O) groups excluding carboxylic acids is 2. The van der Waals surface area contributed by atoms with Crippen LogP contribution in [-0.2, 0) is 20.8 Å². The molecule has 1 rings (SSSR count). The number of rotatable bonds is 6. The number of hydrogen-bond acceptors (Lipinski definition) is 4. The monoisotopic (exact) mass is 288 g/mol. The molecule has 1 aromatic carbocycles. The van der Waals surface area contributed by atoms with Crippen molar-refractivity contribution >= 4 is 47.3 Å². The summed E-state index contributed by atoms with van der Waals surface area (Å²) in [5.41, 5.74) is 6.06. The molecule has 7 heteroatoms. The maximum absolute atomic E-state index is 11.5. The van der Waals surface area contributed by atoms with E-state index in [0.29, 0.717) is 0 Å². The fourth-order valence-corrected chi connectivity index (χ4v) is 1.45. The molecule has 0 spiro atoms. The minimum atomic E-state index is -1.16. The van der Waals surface area contributed by atoms with Crippen molar-refractivity contribution in [1.29, 1.82) is 0 Å². The van der Waals surface area contributed by atoms with E-state index < -0.39 is 23.8 Å². The van der Waals surface area contributed by atoms with Crippen molar-refractivity contribution in [3.8, 4) is 0 Å². The van der Waals surface area contributed by atoms with Gasteiger partial charge in [0.1, 0.15) is 6.04 Å². The van der Waals surface area contributed by atoms with Gasteiger partial charge < -0.3 is 10.8 Å². The summed E-state index contributed by atoms with van der Waals surface area (Å²) in [6.45, 7) is 0. The fourth-order valence-electron chi connectivity index (χ4n) is 1.45. The van der Waals surface area contributed by atoms with Gasteiger partial charge in [-0.25, -0.2) is 0 Å². The topological polar surface area (TPSA) is 109 Å². The average Bonchev–Trinajstić information content (AvgIpc) is 2.36. The Kier molecular flexibility index (Phi) is 9.07. The second kappa shape index (κ2) is 9.66. The van der Waals surface area contributed by atoms with Gasteiger partial charge in [-0.05, 0) is 12.0 Å². The van der Waals surface area contributed by atoms with E-state index in [9.17, 15) is 14.4 Å². The quantitative estimate of drug-likeness (QED) is 0.606. The molecule has 0 aliphatic heterocycles. The van der Waals surface area contributed by atoms with Crippen LogP contribution < -0.4 is 11.1 Å². The standard InChI is InChI=1S/C13H16N2O4.Na.H/c14-10(13(18)19)6-7-11(16)15-12(17)8-9-4-2-1-3-5-9;;/h1-5,10H,6-8,14H2,(H,18,19)(H,15,16,17);;. The summed E-state index contributed by atoms with van der Waals surface area (Å²) in [5.74, 6) is -2.10. The Hall–Kier alpha value is -1.21. The molecule has 1 unspecified atom stereocenters. The average molecular weight is 288 g/mol. The molecule has 20 heavy (non-hydrogen) atoms. The molecule has 0 aliphatic carbocycles. The first-order chi connectivity index (χ1) is 8.99. The van der Waals surface area contributed by atoms with Crippen LogP contribution in [0.25, 0.3) is 0 Å². The molecule has 104 valence electrons. The zero-order chi connectivity index (χ0) is 14.3. The second-order valence-corrected chi connectivity index (χ2v) is 4.12. The molecule has 1 atom stereocenters. The first-order valence-corrected chi connectivity index (χ1v) is 5.84. The number of carboxylic acids is 1. The minimum absolute atomic E-state index is 0. The molecule has 0 aromatic heterocycles. The van der Waals surface area contributed by atoms with Gasteiger partial charge in [0.25, 0.3) is 0 Å². The van der Waals surface area contributed by atoms with Crippen molar-refractivity contribution in [2.75, 3.05) is 0 Å². The Bertz CT molecular complexity index is 465. The molecule has 0 bridgehead atoms. The Morgan fingerprint density at radius 1 is 1.15 bits per heavy atom. The SMILES string of the molecule is NC(CCC(=O)NC(=O)Cc1ccccc1)C(=O)O.[NaH]. The van der Waals surface area contributed by atoms with E-state index in [2.05, 4.69) is 5.32 Å². The fraction of sp³-hybridized carbons (Fsp3) is 0.308. The van der Waals surface area contributed by atoms with Gasteiger partial charge in [0.2, 0.25) is 11.8 Å². The van der Waals surface area contributed by atoms with Crippen molar-refractivity contribution < 1.29 is 19.5 Å². The van der Waals surface area contributed by atoms with Crippen LogP contribution in [0.3, 0.4) is 0 Å². The molecule has 6 nitrogen and oxygen atoms in total. The van der Waals surface area contributed by atoms with Crippen LogP contribution in [0.1, 0.15) is 18.4 Å². The van der Waals surface area contributed by atoms with Gasteiger partial charge in [-0.15, -0.1) is 0 Å². The van der Waals surface area contributed by atoms with E-state index in [1.807, 2.05) is 6.07 Å². The Balaban J connectivity index is 0.00000361. The molecule has 2 amide bonds. The van der Waals surface area contributed by atoms with Crippen molar-refractivity contribution in [2.45, 2.75) is 25.3 Å². The number of hydrogen-bond donors (Lipinski definition) is 3. The molecule has 0 radical (unpaired) electrons. The Morgan fingerprint density at radius 3 is 2.30 bits per heavy atom. The number of carboxylic acid groups (broad SMARTS) is 1. The van der Waals surface area contributed by atoms with Gasteiger partial charge in [-0.1, -0.05) is 30.3 Å². The summed E-state index contributed by atoms with van der Waals surface area (Å²) < 4.78 is 0. The molecular formula is C13H17N2NaO4. The summed E-state index contributed by atoms with van der Waals surface area (Å²) in [6.07, 6.45) is 0.0192. The van der Waals surface area contributed by atoms with Crippen LogP contribution in [-0.4, -0.2) is 58.5 Å². The van der Waals surface area contributed by atoms with Gasteiger partial charge in [0, 0.05) is 6.42 Å². The molecule has 0 aliphatic rings. The van der Waals surface area contributed by atoms with E-state index >= 15 is 0 Å². The summed E-state index contributed by atoms with van der Waals surface area (Å²) in [6, 6.07) is 7.91. The summed E-state index contributed by atoms with van der Waals surface area (Å²) >= 11 is 0. The van der Waals surface area contributed by atoms with Gasteiger partial charge in [-0.3, -0.25) is 19.7 Å². The molecule has 0 saturated heterocycles. The molecule has 1 aromatic rings. The Morgan fingerprint density at radius 2 is 1.75 bits per heavy atom. The number of aliphatic carboxylic acids is 1. The predicted octanol–water partition coefficient (Wildman–Crippen LogP) is -0.585. The third-order valence-electron chi connectivity index (χ3n) is 2.49. The zero-order valence-electron chi connectivity index (χ0n) is 10.3. The zero-order valence-corrected chi connectivity index (χ0v) is 10.3. The van der Waals surface area contributed by atoms with Crippen LogP contribution in [0.15, 0.2) is 30.3 Å². The van der Waals surface area contributed by atoms with E-state index in [1.165, 1.54) is 0 Å². The number of benzene rings is 1. The van der Waals surface area contributed by atoms with Crippen LogP contribution in [0, 0.1) is 0 Å². The molecular weight excluding hydrogens is 271 g/mol. The van der Waals surface area contributed by atoms with Crippen LogP contribution in [0.5, 0.6) is 0 Å². The van der Waals surface area contributed by atoms with Crippen molar-refractivity contribution in [3.63, 3.8) is 0 Å². The number of nitrogens with two attached hydrogens (primary N) is 1. The summed E-state index contributed by atoms with van der Waals surface area (Å²) in [7, 11) is 0. The third kappa shape index (κ3) is 7.40. The van der Waals surface area contributed by atoms with Crippen molar-refractivity contribution in [1.82, 2.24) is 5.32 Å². The van der Waals surface area contributed by atoms with Crippen LogP contribution in [0.2, 0.25) is 0 Å². The summed E-state index contributed by atoms with van der Waals surface area (Å²) in [5, 5.41) is 10.7. The van der Waals surface area contributed by atoms with E-state index in [1.54, 1.807) is 24.3 Å². The Labute approximate surface area is 139 Å². The molecule has 0 heterocycles. The second-order valence-electron chi connectivity index (χ2n) is 4.12. The first kappa shape index (κ1) is 18.8. The summed E-state index contributed by atoms with van der Waals surface area (Å²) in [4.78, 5) is 33.4. The van der Waals surface area contributed by atoms with Crippen LogP contribution in [0.4, 0.5) is 0 Å². The van der Waals surface area contributed by atoms with E-state index in [-0.39, 0.29) is 48.8 Å². The first-order valence-electron chi connectivity index (χ1n) is 5.84. The number of carbonyl (C=O) groups is 3. The molecule has 0 saturated carbocycles. The van der Waals surface area contributed by atoms with Gasteiger partial charge in [0.05, 0.1) is 6.42 Å². The van der Waals surface area contributed by atoms with Gasteiger partial charge >= 0.3 is 35.5 Å². The third-order valence-corrected chi connectivity index (χ3v) is 2.49. The normalized spacial score (nSPS) is 11.1. The predicted molar refractivity (Wildman–Crippen MR) is 75.3 cm³/mol. The maximum atomic E-state index is 11.5. The number of amides is 2. The van der Waals surface area contributed by atoms with E-state index in [4.69, 9.17) is 10.8 Å².